The molecule has 5 nitrogen and oxygen atoms in total. The van der Waals surface area contributed by atoms with Crippen molar-refractivity contribution in [1.29, 1.82) is 0 Å². The molecule has 1 aromatic carbocycles. The van der Waals surface area contributed by atoms with Crippen molar-refractivity contribution in [2.75, 3.05) is 17.4 Å². The number of hydrazine groups is 1. The van der Waals surface area contributed by atoms with E-state index in [1.54, 1.807) is 11.3 Å². The third-order valence-corrected chi connectivity index (χ3v) is 3.98. The number of hydrogen-bond donors (Lipinski definition) is 2. The van der Waals surface area contributed by atoms with Gasteiger partial charge in [-0.3, -0.25) is 5.43 Å². The van der Waals surface area contributed by atoms with Crippen LogP contribution in [0, 0.1) is 6.92 Å². The molecule has 0 unspecified atom stereocenters. The second-order valence-corrected chi connectivity index (χ2v) is 5.44. The molecule has 102 valence electrons. The highest BCUT2D eigenvalue weighted by Crippen LogP contribution is 2.32. The van der Waals surface area contributed by atoms with E-state index < -0.39 is 0 Å². The van der Waals surface area contributed by atoms with Gasteiger partial charge in [0.2, 0.25) is 5.95 Å². The van der Waals surface area contributed by atoms with Crippen molar-refractivity contribution in [3.05, 3.63) is 41.3 Å². The molecule has 2 heterocycles. The van der Waals surface area contributed by atoms with Crippen LogP contribution < -0.4 is 16.2 Å². The summed E-state index contributed by atoms with van der Waals surface area (Å²) in [6.07, 6.45) is 0. The fourth-order valence-electron chi connectivity index (χ4n) is 2.05. The van der Waals surface area contributed by atoms with Crippen LogP contribution in [0.4, 0.5) is 17.5 Å². The highest BCUT2D eigenvalue weighted by molar-refractivity contribution is 7.16. The van der Waals surface area contributed by atoms with E-state index in [9.17, 15) is 0 Å². The van der Waals surface area contributed by atoms with E-state index in [1.807, 2.05) is 23.4 Å². The lowest BCUT2D eigenvalue weighted by atomic mass is 10.2. The molecule has 6 heteroatoms. The quantitative estimate of drug-likeness (QED) is 0.572. The molecule has 0 amide bonds. The maximum Gasteiger partial charge on any atom is 0.240 e. The van der Waals surface area contributed by atoms with Crippen LogP contribution in [-0.4, -0.2) is 17.0 Å². The fourth-order valence-corrected chi connectivity index (χ4v) is 2.81. The van der Waals surface area contributed by atoms with Crippen LogP contribution in [0.1, 0.15) is 5.56 Å². The molecule has 3 rings (SSSR count). The molecule has 0 aliphatic rings. The molecular weight excluding hydrogens is 270 g/mol. The summed E-state index contributed by atoms with van der Waals surface area (Å²) in [5, 5.41) is 3.03. The highest BCUT2D eigenvalue weighted by Gasteiger charge is 2.13. The van der Waals surface area contributed by atoms with Crippen LogP contribution >= 0.6 is 11.3 Å². The summed E-state index contributed by atoms with van der Waals surface area (Å²) >= 11 is 1.57. The van der Waals surface area contributed by atoms with E-state index >= 15 is 0 Å². The number of nitrogens with zero attached hydrogens (tertiary/aromatic N) is 3. The van der Waals surface area contributed by atoms with E-state index in [4.69, 9.17) is 5.84 Å². The summed E-state index contributed by atoms with van der Waals surface area (Å²) in [5.74, 6) is 6.71. The molecule has 3 N–H and O–H groups in total. The van der Waals surface area contributed by atoms with Crippen molar-refractivity contribution in [3.63, 3.8) is 0 Å². The molecule has 0 atom stereocenters. The molecular formula is C14H15N5S. The highest BCUT2D eigenvalue weighted by atomic mass is 32.1. The standard InChI is InChI=1S/C14H15N5S/c1-9-3-5-10(6-4-9)19(2)12-11-7-8-20-13(11)17-14(16-12)18-15/h3-8H,15H2,1-2H3,(H,16,17,18). The first-order chi connectivity index (χ1) is 9.69. The number of fused-ring (bicyclic) bond motifs is 1. The number of hydrogen-bond acceptors (Lipinski definition) is 6. The number of thiophene rings is 1. The van der Waals surface area contributed by atoms with Gasteiger partial charge in [0.05, 0.1) is 5.39 Å². The van der Waals surface area contributed by atoms with Gasteiger partial charge in [-0.15, -0.1) is 11.3 Å². The number of benzene rings is 1. The Morgan fingerprint density at radius 2 is 1.90 bits per heavy atom. The van der Waals surface area contributed by atoms with E-state index in [1.165, 1.54) is 5.56 Å². The van der Waals surface area contributed by atoms with E-state index in [0.717, 1.165) is 21.7 Å². The van der Waals surface area contributed by atoms with Crippen LogP contribution in [0.5, 0.6) is 0 Å². The summed E-state index contributed by atoms with van der Waals surface area (Å²) < 4.78 is 0. The van der Waals surface area contributed by atoms with Crippen molar-refractivity contribution in [1.82, 2.24) is 9.97 Å². The van der Waals surface area contributed by atoms with Gasteiger partial charge in [-0.2, -0.15) is 4.98 Å². The minimum absolute atomic E-state index is 0.425. The first kappa shape index (κ1) is 12.8. The molecule has 20 heavy (non-hydrogen) atoms. The summed E-state index contributed by atoms with van der Waals surface area (Å²) in [6.45, 7) is 2.07. The lowest BCUT2D eigenvalue weighted by molar-refractivity contribution is 1.09. The van der Waals surface area contributed by atoms with Crippen molar-refractivity contribution in [2.45, 2.75) is 6.92 Å². The Kier molecular flexibility index (Phi) is 3.25. The number of rotatable bonds is 3. The Balaban J connectivity index is 2.12. The van der Waals surface area contributed by atoms with Gasteiger partial charge in [-0.25, -0.2) is 10.8 Å². The lowest BCUT2D eigenvalue weighted by Crippen LogP contribution is -2.15. The zero-order chi connectivity index (χ0) is 14.1. The first-order valence-electron chi connectivity index (χ1n) is 6.21. The Morgan fingerprint density at radius 1 is 1.15 bits per heavy atom. The van der Waals surface area contributed by atoms with Gasteiger partial charge in [-0.1, -0.05) is 17.7 Å². The van der Waals surface area contributed by atoms with E-state index in [2.05, 4.69) is 46.6 Å². The second kappa shape index (κ2) is 5.07. The number of aromatic nitrogens is 2. The fraction of sp³-hybridized carbons (Fsp3) is 0.143. The average Bonchev–Trinajstić information content (AvgIpc) is 2.94. The Bertz CT molecular complexity index is 735. The van der Waals surface area contributed by atoms with Gasteiger partial charge in [0.25, 0.3) is 0 Å². The number of nitrogens with one attached hydrogen (secondary N) is 1. The molecule has 0 radical (unpaired) electrons. The Hall–Kier alpha value is -2.18. The van der Waals surface area contributed by atoms with Gasteiger partial charge in [0, 0.05) is 12.7 Å². The summed E-state index contributed by atoms with van der Waals surface area (Å²) in [7, 11) is 1.99. The van der Waals surface area contributed by atoms with Crippen LogP contribution in [-0.2, 0) is 0 Å². The second-order valence-electron chi connectivity index (χ2n) is 4.55. The van der Waals surface area contributed by atoms with Gasteiger partial charge in [0.15, 0.2) is 0 Å². The third-order valence-electron chi connectivity index (χ3n) is 3.17. The largest absolute Gasteiger partial charge is 0.329 e. The minimum atomic E-state index is 0.425. The topological polar surface area (TPSA) is 67.1 Å². The molecule has 3 aromatic rings. The number of nitrogen functional groups attached to an aromatic ring is 1. The average molecular weight is 285 g/mol. The van der Waals surface area contributed by atoms with Crippen molar-refractivity contribution in [2.24, 2.45) is 5.84 Å². The molecule has 0 aliphatic carbocycles. The molecule has 2 aromatic heterocycles. The van der Waals surface area contributed by atoms with Crippen LogP contribution in [0.25, 0.3) is 10.2 Å². The monoisotopic (exact) mass is 285 g/mol. The predicted molar refractivity (Wildman–Crippen MR) is 84.5 cm³/mol. The maximum atomic E-state index is 5.45. The van der Waals surface area contributed by atoms with Gasteiger partial charge in [-0.05, 0) is 30.5 Å². The lowest BCUT2D eigenvalue weighted by Gasteiger charge is -2.19. The molecule has 0 aliphatic heterocycles. The van der Waals surface area contributed by atoms with Crippen LogP contribution in [0.15, 0.2) is 35.7 Å². The molecule has 0 saturated heterocycles. The van der Waals surface area contributed by atoms with Crippen LogP contribution in [0.2, 0.25) is 0 Å². The number of anilines is 3. The number of nitrogens with two attached hydrogens (primary N) is 1. The zero-order valence-electron chi connectivity index (χ0n) is 11.3. The zero-order valence-corrected chi connectivity index (χ0v) is 12.1. The van der Waals surface area contributed by atoms with Gasteiger partial charge in [0.1, 0.15) is 10.6 Å². The number of aryl methyl sites for hydroxylation is 1. The Morgan fingerprint density at radius 3 is 2.60 bits per heavy atom. The minimum Gasteiger partial charge on any atom is -0.329 e. The van der Waals surface area contributed by atoms with E-state index in [0.29, 0.717) is 5.95 Å². The molecule has 0 bridgehead atoms. The van der Waals surface area contributed by atoms with Crippen molar-refractivity contribution >= 4 is 39.0 Å². The molecule has 0 fully saturated rings. The third kappa shape index (κ3) is 2.19. The smallest absolute Gasteiger partial charge is 0.240 e. The van der Waals surface area contributed by atoms with Crippen LogP contribution in [0.3, 0.4) is 0 Å². The predicted octanol–water partition coefficient (Wildman–Crippen LogP) is 3.05. The molecule has 0 saturated carbocycles. The SMILES string of the molecule is Cc1ccc(N(C)c2nc(NN)nc3sccc23)cc1. The summed E-state index contributed by atoms with van der Waals surface area (Å²) in [6, 6.07) is 10.3. The van der Waals surface area contributed by atoms with Gasteiger partial charge < -0.3 is 4.90 Å². The van der Waals surface area contributed by atoms with Gasteiger partial charge >= 0.3 is 0 Å². The maximum absolute atomic E-state index is 5.45. The normalized spacial score (nSPS) is 10.8. The first-order valence-corrected chi connectivity index (χ1v) is 7.09. The summed E-state index contributed by atoms with van der Waals surface area (Å²) in [4.78, 5) is 11.8. The van der Waals surface area contributed by atoms with Crippen molar-refractivity contribution in [3.8, 4) is 0 Å². The van der Waals surface area contributed by atoms with Crippen molar-refractivity contribution < 1.29 is 0 Å². The Labute approximate surface area is 121 Å². The molecule has 0 spiro atoms. The summed E-state index contributed by atoms with van der Waals surface area (Å²) in [5.41, 5.74) is 4.83. The van der Waals surface area contributed by atoms with E-state index in [-0.39, 0.29) is 0 Å².